The molecule has 0 saturated heterocycles. The number of hydrogen-bond donors (Lipinski definition) is 1. The van der Waals surface area contributed by atoms with Crippen molar-refractivity contribution >= 4 is 21.6 Å². The van der Waals surface area contributed by atoms with Gasteiger partial charge >= 0.3 is 0 Å². The molecule has 0 spiro atoms. The lowest BCUT2D eigenvalue weighted by molar-refractivity contribution is 0.0915. The van der Waals surface area contributed by atoms with Gasteiger partial charge in [-0.2, -0.15) is 0 Å². The highest BCUT2D eigenvalue weighted by atomic mass is 32.1. The summed E-state index contributed by atoms with van der Waals surface area (Å²) in [6.07, 6.45) is 0.658. The van der Waals surface area contributed by atoms with Crippen LogP contribution < -0.4 is 10.3 Å². The molecule has 1 N–H and O–H groups in total. The van der Waals surface area contributed by atoms with Crippen LogP contribution in [0.4, 0.5) is 0 Å². The second-order valence-electron chi connectivity index (χ2n) is 6.19. The molecular weight excluding hydrogens is 360 g/mol. The maximum Gasteiger partial charge on any atom is 0.271 e. The lowest BCUT2D eigenvalue weighted by Gasteiger charge is -2.14. The van der Waals surface area contributed by atoms with Gasteiger partial charge in [0.25, 0.3) is 5.56 Å². The van der Waals surface area contributed by atoms with Crippen LogP contribution in [0.25, 0.3) is 21.3 Å². The highest BCUT2D eigenvalue weighted by Crippen LogP contribution is 2.22. The van der Waals surface area contributed by atoms with E-state index in [4.69, 9.17) is 4.74 Å². The first kappa shape index (κ1) is 17.5. The zero-order chi connectivity index (χ0) is 18.6. The Balaban J connectivity index is 1.38. The first-order valence-electron chi connectivity index (χ1n) is 8.60. The first-order chi connectivity index (χ1) is 13.2. The van der Waals surface area contributed by atoms with E-state index < -0.39 is 6.10 Å². The van der Waals surface area contributed by atoms with Crippen molar-refractivity contribution in [3.63, 3.8) is 0 Å². The van der Waals surface area contributed by atoms with Crippen LogP contribution in [0.15, 0.2) is 77.2 Å². The number of aliphatic hydroxyl groups is 1. The van der Waals surface area contributed by atoms with E-state index in [0.717, 1.165) is 11.1 Å². The molecule has 6 heteroatoms. The van der Waals surface area contributed by atoms with Gasteiger partial charge in [0, 0.05) is 0 Å². The third-order valence-electron chi connectivity index (χ3n) is 4.25. The molecule has 2 aromatic heterocycles. The summed E-state index contributed by atoms with van der Waals surface area (Å²) in [5, 5.41) is 12.1. The van der Waals surface area contributed by atoms with E-state index in [1.807, 2.05) is 53.9 Å². The summed E-state index contributed by atoms with van der Waals surface area (Å²) in [5.41, 5.74) is 2.79. The lowest BCUT2D eigenvalue weighted by atomic mass is 10.1. The molecule has 0 fully saturated rings. The molecule has 1 atom stereocenters. The zero-order valence-electron chi connectivity index (χ0n) is 14.5. The van der Waals surface area contributed by atoms with E-state index in [-0.39, 0.29) is 18.7 Å². The largest absolute Gasteiger partial charge is 0.491 e. The fraction of sp³-hybridized carbons (Fsp3) is 0.143. The third kappa shape index (κ3) is 3.92. The van der Waals surface area contributed by atoms with E-state index >= 15 is 0 Å². The molecule has 136 valence electrons. The summed E-state index contributed by atoms with van der Waals surface area (Å²) in [7, 11) is 0. The Morgan fingerprint density at radius 2 is 1.78 bits per heavy atom. The van der Waals surface area contributed by atoms with Gasteiger partial charge in [-0.1, -0.05) is 42.5 Å². The minimum Gasteiger partial charge on any atom is -0.491 e. The van der Waals surface area contributed by atoms with Gasteiger partial charge in [-0.25, -0.2) is 4.98 Å². The van der Waals surface area contributed by atoms with Crippen LogP contribution in [-0.2, 0) is 6.54 Å². The monoisotopic (exact) mass is 378 g/mol. The van der Waals surface area contributed by atoms with Crippen LogP contribution >= 0.6 is 11.3 Å². The smallest absolute Gasteiger partial charge is 0.271 e. The fourth-order valence-electron chi connectivity index (χ4n) is 2.86. The summed E-state index contributed by atoms with van der Waals surface area (Å²) in [4.78, 5) is 16.6. The number of nitrogens with zero attached hydrogens (tertiary/aromatic N) is 2. The Hall–Kier alpha value is -2.96. The van der Waals surface area contributed by atoms with E-state index in [1.165, 1.54) is 22.2 Å². The van der Waals surface area contributed by atoms with Crippen molar-refractivity contribution in [3.8, 4) is 16.9 Å². The van der Waals surface area contributed by atoms with E-state index in [2.05, 4.69) is 17.1 Å². The Morgan fingerprint density at radius 3 is 2.56 bits per heavy atom. The molecule has 4 rings (SSSR count). The predicted octanol–water partition coefficient (Wildman–Crippen LogP) is 3.56. The Labute approximate surface area is 160 Å². The van der Waals surface area contributed by atoms with Gasteiger partial charge in [0.15, 0.2) is 0 Å². The van der Waals surface area contributed by atoms with Crippen molar-refractivity contribution in [2.75, 3.05) is 6.61 Å². The SMILES string of the molecule is O=c1c2sccc2ncn1C[C@@H](O)COc1ccc(-c2ccccc2)cc1. The van der Waals surface area contributed by atoms with E-state index in [1.54, 1.807) is 0 Å². The highest BCUT2D eigenvalue weighted by molar-refractivity contribution is 7.17. The van der Waals surface area contributed by atoms with Gasteiger partial charge in [0.05, 0.1) is 18.4 Å². The van der Waals surface area contributed by atoms with Gasteiger partial charge in [-0.3, -0.25) is 9.36 Å². The van der Waals surface area contributed by atoms with Crippen molar-refractivity contribution in [3.05, 3.63) is 82.7 Å². The maximum absolute atomic E-state index is 12.4. The highest BCUT2D eigenvalue weighted by Gasteiger charge is 2.11. The summed E-state index contributed by atoms with van der Waals surface area (Å²) in [5.74, 6) is 0.674. The average Bonchev–Trinajstić information content (AvgIpc) is 3.19. The molecule has 5 nitrogen and oxygen atoms in total. The van der Waals surface area contributed by atoms with Crippen LogP contribution in [0.1, 0.15) is 0 Å². The van der Waals surface area contributed by atoms with Gasteiger partial charge in [0.1, 0.15) is 23.2 Å². The number of aliphatic hydroxyl groups excluding tert-OH is 1. The van der Waals surface area contributed by atoms with E-state index in [0.29, 0.717) is 16.0 Å². The van der Waals surface area contributed by atoms with Crippen LogP contribution in [0.3, 0.4) is 0 Å². The average molecular weight is 378 g/mol. The molecule has 2 aromatic carbocycles. The number of ether oxygens (including phenoxy) is 1. The standard InChI is InChI=1S/C21H18N2O3S/c24-17(12-23-14-22-19-10-11-27-20(19)21(23)25)13-26-18-8-6-16(7-9-18)15-4-2-1-3-5-15/h1-11,14,17,24H,12-13H2/t17-/m1/s1. The van der Waals surface area contributed by atoms with Gasteiger partial charge < -0.3 is 9.84 Å². The second kappa shape index (κ2) is 7.73. The number of hydrogen-bond acceptors (Lipinski definition) is 5. The lowest BCUT2D eigenvalue weighted by Crippen LogP contribution is -2.30. The van der Waals surface area contributed by atoms with Crippen molar-refractivity contribution < 1.29 is 9.84 Å². The third-order valence-corrected chi connectivity index (χ3v) is 5.14. The van der Waals surface area contributed by atoms with Crippen LogP contribution in [0.2, 0.25) is 0 Å². The topological polar surface area (TPSA) is 64.4 Å². The Kier molecular flexibility index (Phi) is 5.00. The number of benzene rings is 2. The molecule has 0 unspecified atom stereocenters. The first-order valence-corrected chi connectivity index (χ1v) is 9.47. The molecule has 2 heterocycles. The van der Waals surface area contributed by atoms with Gasteiger partial charge in [-0.05, 0) is 34.7 Å². The summed E-state index contributed by atoms with van der Waals surface area (Å²) in [6.45, 7) is 0.237. The predicted molar refractivity (Wildman–Crippen MR) is 107 cm³/mol. The second-order valence-corrected chi connectivity index (χ2v) is 7.11. The van der Waals surface area contributed by atoms with Crippen LogP contribution in [0.5, 0.6) is 5.75 Å². The number of thiophene rings is 1. The number of rotatable bonds is 6. The molecule has 0 bridgehead atoms. The quantitative estimate of drug-likeness (QED) is 0.557. The minimum absolute atomic E-state index is 0.0968. The van der Waals surface area contributed by atoms with E-state index in [9.17, 15) is 9.90 Å². The molecule has 0 aliphatic carbocycles. The summed E-state index contributed by atoms with van der Waals surface area (Å²) < 4.78 is 7.68. The number of aromatic nitrogens is 2. The molecule has 0 radical (unpaired) electrons. The molecule has 4 aromatic rings. The van der Waals surface area contributed by atoms with Crippen molar-refractivity contribution in [1.82, 2.24) is 9.55 Å². The molecule has 0 amide bonds. The molecule has 0 aliphatic rings. The van der Waals surface area contributed by atoms with Gasteiger partial charge in [0.2, 0.25) is 0 Å². The van der Waals surface area contributed by atoms with Crippen LogP contribution in [-0.4, -0.2) is 27.4 Å². The number of fused-ring (bicyclic) bond motifs is 1. The Bertz CT molecular complexity index is 1090. The molecule has 0 saturated carbocycles. The molecule has 0 aliphatic heterocycles. The van der Waals surface area contributed by atoms with Gasteiger partial charge in [-0.15, -0.1) is 11.3 Å². The normalized spacial score (nSPS) is 12.2. The minimum atomic E-state index is -0.810. The van der Waals surface area contributed by atoms with Crippen molar-refractivity contribution in [2.24, 2.45) is 0 Å². The van der Waals surface area contributed by atoms with Crippen molar-refractivity contribution in [1.29, 1.82) is 0 Å². The zero-order valence-corrected chi connectivity index (χ0v) is 15.3. The summed E-state index contributed by atoms with van der Waals surface area (Å²) in [6, 6.07) is 19.6. The van der Waals surface area contributed by atoms with Crippen LogP contribution in [0, 0.1) is 0 Å². The van der Waals surface area contributed by atoms with Crippen molar-refractivity contribution in [2.45, 2.75) is 12.6 Å². The maximum atomic E-state index is 12.4. The molecule has 27 heavy (non-hydrogen) atoms. The fourth-order valence-corrected chi connectivity index (χ4v) is 3.65. The summed E-state index contributed by atoms with van der Waals surface area (Å²) >= 11 is 1.36. The molecular formula is C21H18N2O3S. The Morgan fingerprint density at radius 1 is 1.04 bits per heavy atom.